The Balaban J connectivity index is 1.63. The number of carboxylic acid groups (broad SMARTS) is 1. The summed E-state index contributed by atoms with van der Waals surface area (Å²) in [6.45, 7) is 0. The van der Waals surface area contributed by atoms with Crippen molar-refractivity contribution in [2.75, 3.05) is 7.05 Å². The summed E-state index contributed by atoms with van der Waals surface area (Å²) in [5.41, 5.74) is 0.397. The number of H-pyrrole nitrogens is 1. The second kappa shape index (κ2) is 9.28. The van der Waals surface area contributed by atoms with Crippen LogP contribution >= 0.6 is 0 Å². The quantitative estimate of drug-likeness (QED) is 0.513. The van der Waals surface area contributed by atoms with Gasteiger partial charge in [-0.15, -0.1) is 0 Å². The van der Waals surface area contributed by atoms with E-state index in [1.165, 1.54) is 35.0 Å². The predicted molar refractivity (Wildman–Crippen MR) is 120 cm³/mol. The average Bonchev–Trinajstić information content (AvgIpc) is 3.48. The Kier molecular flexibility index (Phi) is 6.43. The van der Waals surface area contributed by atoms with Gasteiger partial charge in [0.25, 0.3) is 5.56 Å². The fraction of sp³-hybridized carbons (Fsp3) is 0.364. The fourth-order valence-corrected chi connectivity index (χ4v) is 5.62. The molecule has 1 aliphatic rings. The van der Waals surface area contributed by atoms with Crippen LogP contribution in [-0.2, 0) is 14.8 Å². The van der Waals surface area contributed by atoms with Crippen molar-refractivity contribution in [2.45, 2.75) is 49.0 Å². The van der Waals surface area contributed by atoms with E-state index in [0.29, 0.717) is 5.56 Å². The molecule has 2 N–H and O–H groups in total. The van der Waals surface area contributed by atoms with Gasteiger partial charge >= 0.3 is 5.97 Å². The summed E-state index contributed by atoms with van der Waals surface area (Å²) in [5, 5.41) is 12.1. The van der Waals surface area contributed by atoms with Crippen molar-refractivity contribution < 1.29 is 18.3 Å². The highest BCUT2D eigenvalue weighted by Crippen LogP contribution is 2.28. The maximum Gasteiger partial charge on any atom is 0.304 e. The topological polar surface area (TPSA) is 138 Å². The number of aromatic nitrogens is 4. The summed E-state index contributed by atoms with van der Waals surface area (Å²) < 4.78 is 28.4. The largest absolute Gasteiger partial charge is 0.481 e. The molecule has 10 nitrogen and oxygen atoms in total. The van der Waals surface area contributed by atoms with E-state index in [0.717, 1.165) is 30.4 Å². The molecule has 0 aliphatic heterocycles. The number of sulfonamides is 1. The summed E-state index contributed by atoms with van der Waals surface area (Å²) >= 11 is 0. The van der Waals surface area contributed by atoms with Gasteiger partial charge in [-0.3, -0.25) is 19.7 Å². The number of hydrogen-bond acceptors (Lipinski definition) is 6. The third-order valence-corrected chi connectivity index (χ3v) is 8.00. The zero-order valence-electron chi connectivity index (χ0n) is 18.1. The summed E-state index contributed by atoms with van der Waals surface area (Å²) in [6, 6.07) is 6.26. The molecule has 3 heterocycles. The number of nitrogens with zero attached hydrogens (tertiary/aromatic N) is 4. The Morgan fingerprint density at radius 1 is 1.27 bits per heavy atom. The Bertz CT molecular complexity index is 1280. The molecular formula is C22H25N5O5S. The number of aliphatic carboxylic acids is 1. The molecule has 0 bridgehead atoms. The Morgan fingerprint density at radius 3 is 2.64 bits per heavy atom. The van der Waals surface area contributed by atoms with Crippen LogP contribution in [-0.4, -0.2) is 56.6 Å². The Morgan fingerprint density at radius 2 is 2.03 bits per heavy atom. The van der Waals surface area contributed by atoms with Crippen LogP contribution < -0.4 is 5.56 Å². The van der Waals surface area contributed by atoms with E-state index in [2.05, 4.69) is 15.1 Å². The van der Waals surface area contributed by atoms with Gasteiger partial charge < -0.3 is 5.11 Å². The van der Waals surface area contributed by atoms with Crippen LogP contribution in [0.25, 0.3) is 5.82 Å². The Hall–Kier alpha value is -3.31. The first kappa shape index (κ1) is 22.9. The molecule has 4 rings (SSSR count). The number of aromatic amines is 1. The number of hydrogen-bond donors (Lipinski definition) is 2. The zero-order chi connectivity index (χ0) is 23.6. The maximum absolute atomic E-state index is 13.1. The molecule has 1 unspecified atom stereocenters. The second-order valence-electron chi connectivity index (χ2n) is 8.12. The first-order valence-corrected chi connectivity index (χ1v) is 12.1. The molecule has 1 atom stereocenters. The van der Waals surface area contributed by atoms with Crippen LogP contribution in [0.4, 0.5) is 0 Å². The molecule has 0 spiro atoms. The zero-order valence-corrected chi connectivity index (χ0v) is 18.9. The molecule has 33 heavy (non-hydrogen) atoms. The standard InChI is InChI=1S/C22H25N5O5S/c1-26(16-6-2-3-7-16)33(31,32)17-8-9-20(24-13-17)27-22(30)19(14-25-27)18(11-21(28)29)15-5-4-10-23-12-15/h4-5,8-10,12-14,16,18,25H,2-3,6-7,11H2,1H3,(H,28,29). The van der Waals surface area contributed by atoms with Gasteiger partial charge in [-0.2, -0.15) is 4.31 Å². The normalized spacial score (nSPS) is 15.7. The van der Waals surface area contributed by atoms with Crippen molar-refractivity contribution in [2.24, 2.45) is 0 Å². The molecule has 0 aromatic carbocycles. The van der Waals surface area contributed by atoms with Crippen molar-refractivity contribution in [1.29, 1.82) is 0 Å². The van der Waals surface area contributed by atoms with Crippen LogP contribution in [0.5, 0.6) is 0 Å². The lowest BCUT2D eigenvalue weighted by Crippen LogP contribution is -2.35. The molecule has 0 saturated heterocycles. The van der Waals surface area contributed by atoms with E-state index in [9.17, 15) is 23.1 Å². The molecule has 3 aromatic rings. The minimum Gasteiger partial charge on any atom is -0.481 e. The van der Waals surface area contributed by atoms with Gasteiger partial charge in [-0.1, -0.05) is 18.9 Å². The number of carbonyl (C=O) groups is 1. The molecular weight excluding hydrogens is 446 g/mol. The molecule has 1 aliphatic carbocycles. The summed E-state index contributed by atoms with van der Waals surface area (Å²) in [7, 11) is -2.10. The van der Waals surface area contributed by atoms with Crippen molar-refractivity contribution in [3.63, 3.8) is 0 Å². The first-order chi connectivity index (χ1) is 15.8. The summed E-state index contributed by atoms with van der Waals surface area (Å²) in [6.07, 6.45) is 9.22. The minimum absolute atomic E-state index is 0.0121. The van der Waals surface area contributed by atoms with Crippen LogP contribution in [0, 0.1) is 0 Å². The highest BCUT2D eigenvalue weighted by atomic mass is 32.2. The first-order valence-electron chi connectivity index (χ1n) is 10.7. The third kappa shape index (κ3) is 4.60. The SMILES string of the molecule is CN(C1CCCC1)S(=O)(=O)c1ccc(-n2[nH]cc(C(CC(=O)O)c3cccnc3)c2=O)nc1. The van der Waals surface area contributed by atoms with Crippen molar-refractivity contribution in [1.82, 2.24) is 24.1 Å². The van der Waals surface area contributed by atoms with Gasteiger partial charge in [0.15, 0.2) is 5.82 Å². The lowest BCUT2D eigenvalue weighted by Gasteiger charge is -2.23. The van der Waals surface area contributed by atoms with E-state index in [1.54, 1.807) is 25.4 Å². The van der Waals surface area contributed by atoms with Crippen LogP contribution in [0.1, 0.15) is 49.1 Å². The van der Waals surface area contributed by atoms with Gasteiger partial charge in [0, 0.05) is 49.4 Å². The monoisotopic (exact) mass is 471 g/mol. The van der Waals surface area contributed by atoms with Gasteiger partial charge in [-0.05, 0) is 36.6 Å². The number of carboxylic acids is 1. The number of nitrogens with one attached hydrogen (secondary N) is 1. The summed E-state index contributed by atoms with van der Waals surface area (Å²) in [4.78, 5) is 32.8. The molecule has 1 saturated carbocycles. The van der Waals surface area contributed by atoms with E-state index in [1.807, 2.05) is 0 Å². The van der Waals surface area contributed by atoms with Crippen LogP contribution in [0.15, 0.2) is 58.7 Å². The minimum atomic E-state index is -3.69. The second-order valence-corrected chi connectivity index (χ2v) is 10.1. The van der Waals surface area contributed by atoms with E-state index in [-0.39, 0.29) is 28.7 Å². The van der Waals surface area contributed by atoms with Crippen LogP contribution in [0.3, 0.4) is 0 Å². The van der Waals surface area contributed by atoms with Gasteiger partial charge in [0.05, 0.1) is 6.42 Å². The Labute approximate surface area is 191 Å². The lowest BCUT2D eigenvalue weighted by molar-refractivity contribution is -0.137. The highest BCUT2D eigenvalue weighted by Gasteiger charge is 2.30. The number of rotatable bonds is 8. The molecule has 3 aromatic heterocycles. The molecule has 0 amide bonds. The maximum atomic E-state index is 13.1. The number of pyridine rings is 2. The lowest BCUT2D eigenvalue weighted by atomic mass is 9.91. The molecule has 174 valence electrons. The highest BCUT2D eigenvalue weighted by molar-refractivity contribution is 7.89. The average molecular weight is 472 g/mol. The van der Waals surface area contributed by atoms with Crippen molar-refractivity contribution >= 4 is 16.0 Å². The molecule has 0 radical (unpaired) electrons. The van der Waals surface area contributed by atoms with Gasteiger partial charge in [0.2, 0.25) is 10.0 Å². The van der Waals surface area contributed by atoms with Crippen molar-refractivity contribution in [3.8, 4) is 5.82 Å². The van der Waals surface area contributed by atoms with E-state index in [4.69, 9.17) is 0 Å². The molecule has 1 fully saturated rings. The predicted octanol–water partition coefficient (Wildman–Crippen LogP) is 2.13. The van der Waals surface area contributed by atoms with Crippen LogP contribution in [0.2, 0.25) is 0 Å². The van der Waals surface area contributed by atoms with E-state index < -0.39 is 27.5 Å². The third-order valence-electron chi connectivity index (χ3n) is 6.11. The van der Waals surface area contributed by atoms with E-state index >= 15 is 0 Å². The van der Waals surface area contributed by atoms with Gasteiger partial charge in [0.1, 0.15) is 4.90 Å². The molecule has 11 heteroatoms. The summed E-state index contributed by atoms with van der Waals surface area (Å²) in [5.74, 6) is -1.54. The fourth-order valence-electron chi connectivity index (χ4n) is 4.26. The van der Waals surface area contributed by atoms with Crippen molar-refractivity contribution in [3.05, 3.63) is 70.5 Å². The van der Waals surface area contributed by atoms with Gasteiger partial charge in [-0.25, -0.2) is 18.1 Å². The smallest absolute Gasteiger partial charge is 0.304 e.